The molecule has 16 heavy (non-hydrogen) atoms. The molecule has 0 heterocycles. The van der Waals surface area contributed by atoms with Gasteiger partial charge in [0, 0.05) is 14.2 Å². The zero-order valence-corrected chi connectivity index (χ0v) is 10.3. The summed E-state index contributed by atoms with van der Waals surface area (Å²) in [5, 5.41) is 0.672. The lowest BCUT2D eigenvalue weighted by Gasteiger charge is -2.23. The summed E-state index contributed by atoms with van der Waals surface area (Å²) in [6.07, 6.45) is -4.31. The minimum atomic E-state index is -4.31. The van der Waals surface area contributed by atoms with E-state index in [0.29, 0.717) is 5.19 Å². The van der Waals surface area contributed by atoms with Gasteiger partial charge >= 0.3 is 14.7 Å². The van der Waals surface area contributed by atoms with Gasteiger partial charge in [0.05, 0.1) is 5.56 Å². The molecule has 1 aromatic rings. The van der Waals surface area contributed by atoms with E-state index in [2.05, 4.69) is 0 Å². The van der Waals surface area contributed by atoms with Crippen molar-refractivity contribution in [2.75, 3.05) is 14.2 Å². The zero-order valence-electron chi connectivity index (χ0n) is 9.26. The first-order valence-corrected chi connectivity index (χ1v) is 6.93. The molecular weight excluding hydrogens is 237 g/mol. The molecule has 0 aliphatic carbocycles. The van der Waals surface area contributed by atoms with Crippen molar-refractivity contribution >= 4 is 13.7 Å². The van der Waals surface area contributed by atoms with Gasteiger partial charge in [0.1, 0.15) is 0 Å². The number of halogens is 3. The van der Waals surface area contributed by atoms with Crippen molar-refractivity contribution in [1.29, 1.82) is 0 Å². The van der Waals surface area contributed by atoms with Gasteiger partial charge in [0.15, 0.2) is 0 Å². The summed E-state index contributed by atoms with van der Waals surface area (Å²) >= 11 is 0. The van der Waals surface area contributed by atoms with Crippen LogP contribution in [0.1, 0.15) is 5.56 Å². The minimum Gasteiger partial charge on any atom is -0.394 e. The quantitative estimate of drug-likeness (QED) is 0.766. The van der Waals surface area contributed by atoms with E-state index in [4.69, 9.17) is 8.85 Å². The maximum atomic E-state index is 12.3. The molecular formula is C10H13F3O2Si. The standard InChI is InChI=1S/C10H13F3O2Si/c1-14-16(3,15-2)9-6-4-8(5-7-9)10(11,12)13/h4-7H,1-3H3. The summed E-state index contributed by atoms with van der Waals surface area (Å²) in [5.41, 5.74) is -0.667. The van der Waals surface area contributed by atoms with Gasteiger partial charge in [-0.05, 0) is 23.9 Å². The summed E-state index contributed by atoms with van der Waals surface area (Å²) in [4.78, 5) is 0. The first-order valence-electron chi connectivity index (χ1n) is 4.61. The van der Waals surface area contributed by atoms with Gasteiger partial charge in [-0.25, -0.2) is 0 Å². The maximum Gasteiger partial charge on any atom is 0.416 e. The SMILES string of the molecule is CO[Si](C)(OC)c1ccc(C(F)(F)F)cc1. The highest BCUT2D eigenvalue weighted by molar-refractivity contribution is 6.79. The van der Waals surface area contributed by atoms with Crippen LogP contribution in [0.5, 0.6) is 0 Å². The molecule has 0 aliphatic rings. The lowest BCUT2D eigenvalue weighted by Crippen LogP contribution is -2.49. The molecule has 0 atom stereocenters. The number of hydrogen-bond acceptors (Lipinski definition) is 2. The monoisotopic (exact) mass is 250 g/mol. The molecule has 2 nitrogen and oxygen atoms in total. The van der Waals surface area contributed by atoms with E-state index >= 15 is 0 Å². The van der Waals surface area contributed by atoms with E-state index in [9.17, 15) is 13.2 Å². The van der Waals surface area contributed by atoms with Crippen LogP contribution in [-0.2, 0) is 15.0 Å². The molecule has 0 aromatic heterocycles. The van der Waals surface area contributed by atoms with Crippen molar-refractivity contribution in [2.45, 2.75) is 12.7 Å². The first kappa shape index (κ1) is 13.2. The van der Waals surface area contributed by atoms with Crippen molar-refractivity contribution < 1.29 is 22.0 Å². The summed E-state index contributed by atoms with van der Waals surface area (Å²) < 4.78 is 47.5. The number of alkyl halides is 3. The third kappa shape index (κ3) is 2.63. The van der Waals surface area contributed by atoms with E-state index in [-0.39, 0.29) is 0 Å². The molecule has 0 unspecified atom stereocenters. The summed E-state index contributed by atoms with van der Waals surface area (Å²) in [5.74, 6) is 0. The predicted octanol–water partition coefficient (Wildman–Crippen LogP) is 2.28. The van der Waals surface area contributed by atoms with Crippen molar-refractivity contribution in [1.82, 2.24) is 0 Å². The Bertz CT molecular complexity index is 344. The second-order valence-electron chi connectivity index (χ2n) is 3.43. The van der Waals surface area contributed by atoms with Crippen LogP contribution in [0.3, 0.4) is 0 Å². The molecule has 0 radical (unpaired) electrons. The van der Waals surface area contributed by atoms with E-state index in [1.165, 1.54) is 26.4 Å². The molecule has 0 saturated heterocycles. The highest BCUT2D eigenvalue weighted by atomic mass is 28.4. The fourth-order valence-electron chi connectivity index (χ4n) is 1.28. The summed E-state index contributed by atoms with van der Waals surface area (Å²) in [6.45, 7) is 1.77. The molecule has 1 aromatic carbocycles. The molecule has 0 amide bonds. The van der Waals surface area contributed by atoms with E-state index < -0.39 is 20.3 Å². The van der Waals surface area contributed by atoms with E-state index in [1.54, 1.807) is 6.55 Å². The van der Waals surface area contributed by atoms with Gasteiger partial charge in [-0.3, -0.25) is 0 Å². The van der Waals surface area contributed by atoms with Crippen LogP contribution in [0, 0.1) is 0 Å². The van der Waals surface area contributed by atoms with Crippen LogP contribution in [0.25, 0.3) is 0 Å². The highest BCUT2D eigenvalue weighted by Crippen LogP contribution is 2.28. The molecule has 0 saturated carbocycles. The smallest absolute Gasteiger partial charge is 0.394 e. The molecule has 90 valence electrons. The topological polar surface area (TPSA) is 18.5 Å². The Hall–Kier alpha value is -0.853. The second kappa shape index (κ2) is 4.56. The van der Waals surface area contributed by atoms with Gasteiger partial charge in [0.2, 0.25) is 0 Å². The predicted molar refractivity (Wildman–Crippen MR) is 56.7 cm³/mol. The fourth-order valence-corrected chi connectivity index (χ4v) is 2.69. The van der Waals surface area contributed by atoms with Gasteiger partial charge in [0.25, 0.3) is 0 Å². The van der Waals surface area contributed by atoms with Crippen LogP contribution in [0.4, 0.5) is 13.2 Å². The van der Waals surface area contributed by atoms with Gasteiger partial charge < -0.3 is 8.85 Å². The maximum absolute atomic E-state index is 12.3. The average Bonchev–Trinajstić information content (AvgIpc) is 2.27. The fraction of sp³-hybridized carbons (Fsp3) is 0.400. The molecule has 0 fully saturated rings. The van der Waals surface area contributed by atoms with Crippen LogP contribution >= 0.6 is 0 Å². The Kier molecular flexibility index (Phi) is 3.77. The number of hydrogen-bond donors (Lipinski definition) is 0. The van der Waals surface area contributed by atoms with Crippen LogP contribution in [0.2, 0.25) is 6.55 Å². The third-order valence-electron chi connectivity index (χ3n) is 2.52. The molecule has 0 bridgehead atoms. The summed E-state index contributed by atoms with van der Waals surface area (Å²) in [7, 11) is 0.464. The Morgan fingerprint density at radius 3 is 1.75 bits per heavy atom. The Morgan fingerprint density at radius 2 is 1.44 bits per heavy atom. The normalized spacial score (nSPS) is 12.9. The number of rotatable bonds is 3. The Labute approximate surface area is 93.2 Å². The Morgan fingerprint density at radius 1 is 1.00 bits per heavy atom. The summed E-state index contributed by atoms with van der Waals surface area (Å²) in [6, 6.07) is 4.89. The van der Waals surface area contributed by atoms with Crippen molar-refractivity contribution in [3.8, 4) is 0 Å². The Balaban J connectivity index is 3.04. The molecule has 0 spiro atoms. The highest BCUT2D eigenvalue weighted by Gasteiger charge is 2.34. The third-order valence-corrected chi connectivity index (χ3v) is 5.46. The average molecular weight is 250 g/mol. The molecule has 0 aliphatic heterocycles. The molecule has 6 heteroatoms. The van der Waals surface area contributed by atoms with E-state index in [1.807, 2.05) is 0 Å². The van der Waals surface area contributed by atoms with Crippen molar-refractivity contribution in [3.63, 3.8) is 0 Å². The van der Waals surface area contributed by atoms with Crippen molar-refractivity contribution in [3.05, 3.63) is 29.8 Å². The van der Waals surface area contributed by atoms with E-state index in [0.717, 1.165) is 12.1 Å². The van der Waals surface area contributed by atoms with Gasteiger partial charge in [-0.2, -0.15) is 13.2 Å². The van der Waals surface area contributed by atoms with Gasteiger partial charge in [-0.15, -0.1) is 0 Å². The van der Waals surface area contributed by atoms with Crippen LogP contribution < -0.4 is 5.19 Å². The van der Waals surface area contributed by atoms with Crippen LogP contribution in [0.15, 0.2) is 24.3 Å². The lowest BCUT2D eigenvalue weighted by molar-refractivity contribution is -0.137. The second-order valence-corrected chi connectivity index (χ2v) is 6.71. The first-order chi connectivity index (χ1) is 7.33. The van der Waals surface area contributed by atoms with Crippen molar-refractivity contribution in [2.24, 2.45) is 0 Å². The zero-order chi connectivity index (χ0) is 12.4. The molecule has 1 rings (SSSR count). The number of benzene rings is 1. The minimum absolute atomic E-state index is 0.667. The van der Waals surface area contributed by atoms with Gasteiger partial charge in [-0.1, -0.05) is 12.1 Å². The largest absolute Gasteiger partial charge is 0.416 e. The molecule has 0 N–H and O–H groups in total. The van der Waals surface area contributed by atoms with Crippen LogP contribution in [-0.4, -0.2) is 22.8 Å². The lowest BCUT2D eigenvalue weighted by atomic mass is 10.2.